The zero-order valence-corrected chi connectivity index (χ0v) is 12.2. The molecule has 0 aromatic heterocycles. The van der Waals surface area contributed by atoms with Gasteiger partial charge in [0, 0.05) is 25.7 Å². The molecule has 2 heteroatoms. The molecule has 1 aliphatic rings. The average molecular weight is 227 g/mol. The molecule has 1 rings (SSSR count). The SMILES string of the molecule is COC1(C(C)(C)C)CCN(C(C)(C)C)CC1. The van der Waals surface area contributed by atoms with Crippen molar-refractivity contribution in [1.82, 2.24) is 4.90 Å². The number of methoxy groups -OCH3 is 1. The highest BCUT2D eigenvalue weighted by Gasteiger charge is 2.45. The topological polar surface area (TPSA) is 12.5 Å². The number of ether oxygens (including phenoxy) is 1. The van der Waals surface area contributed by atoms with Gasteiger partial charge in [0.15, 0.2) is 0 Å². The van der Waals surface area contributed by atoms with E-state index in [1.54, 1.807) is 0 Å². The lowest BCUT2D eigenvalue weighted by Gasteiger charge is -2.51. The lowest BCUT2D eigenvalue weighted by molar-refractivity contribution is -0.134. The third-order valence-electron chi connectivity index (χ3n) is 4.28. The molecule has 0 atom stereocenters. The van der Waals surface area contributed by atoms with Crippen LogP contribution in [0.4, 0.5) is 0 Å². The molecule has 1 saturated heterocycles. The van der Waals surface area contributed by atoms with E-state index in [9.17, 15) is 0 Å². The molecule has 0 aromatic carbocycles. The number of rotatable bonds is 1. The summed E-state index contributed by atoms with van der Waals surface area (Å²) in [4.78, 5) is 2.57. The minimum Gasteiger partial charge on any atom is -0.378 e. The minimum absolute atomic E-state index is 0.0642. The molecule has 0 amide bonds. The van der Waals surface area contributed by atoms with Crippen molar-refractivity contribution in [2.45, 2.75) is 65.5 Å². The summed E-state index contributed by atoms with van der Waals surface area (Å²) in [5.41, 5.74) is 0.582. The Labute approximate surface area is 101 Å². The Balaban J connectivity index is 2.72. The average Bonchev–Trinajstić information content (AvgIpc) is 2.14. The van der Waals surface area contributed by atoms with E-state index in [4.69, 9.17) is 4.74 Å². The van der Waals surface area contributed by atoms with Gasteiger partial charge in [-0.15, -0.1) is 0 Å². The summed E-state index contributed by atoms with van der Waals surface area (Å²) < 4.78 is 5.88. The van der Waals surface area contributed by atoms with Gasteiger partial charge in [0.2, 0.25) is 0 Å². The Hall–Kier alpha value is -0.0800. The molecule has 0 radical (unpaired) electrons. The quantitative estimate of drug-likeness (QED) is 0.681. The Morgan fingerprint density at radius 3 is 1.62 bits per heavy atom. The molecular formula is C14H29NO. The Morgan fingerprint density at radius 2 is 1.38 bits per heavy atom. The van der Waals surface area contributed by atoms with E-state index in [-0.39, 0.29) is 16.6 Å². The maximum absolute atomic E-state index is 5.88. The first-order valence-electron chi connectivity index (χ1n) is 6.43. The number of piperidine rings is 1. The van der Waals surface area contributed by atoms with Crippen molar-refractivity contribution in [2.75, 3.05) is 20.2 Å². The highest BCUT2D eigenvalue weighted by molar-refractivity contribution is 4.98. The van der Waals surface area contributed by atoms with Gasteiger partial charge in [-0.2, -0.15) is 0 Å². The molecule has 0 spiro atoms. The van der Waals surface area contributed by atoms with E-state index in [0.29, 0.717) is 0 Å². The normalized spacial score (nSPS) is 23.4. The van der Waals surface area contributed by atoms with Gasteiger partial charge in [0.25, 0.3) is 0 Å². The zero-order valence-electron chi connectivity index (χ0n) is 12.2. The van der Waals surface area contributed by atoms with Crippen LogP contribution in [0.3, 0.4) is 0 Å². The molecule has 0 aliphatic carbocycles. The van der Waals surface area contributed by atoms with E-state index >= 15 is 0 Å². The Morgan fingerprint density at radius 1 is 0.938 bits per heavy atom. The third kappa shape index (κ3) is 2.60. The van der Waals surface area contributed by atoms with Crippen LogP contribution in [0, 0.1) is 5.41 Å². The van der Waals surface area contributed by atoms with E-state index in [2.05, 4.69) is 46.4 Å². The van der Waals surface area contributed by atoms with Gasteiger partial charge in [0.05, 0.1) is 5.60 Å². The standard InChI is InChI=1S/C14H29NO/c1-12(2,3)14(16-7)8-10-15(11-9-14)13(4,5)6/h8-11H2,1-7H3. The summed E-state index contributed by atoms with van der Waals surface area (Å²) in [6.07, 6.45) is 2.29. The van der Waals surface area contributed by atoms with E-state index in [0.717, 1.165) is 25.9 Å². The molecular weight excluding hydrogens is 198 g/mol. The summed E-state index contributed by atoms with van der Waals surface area (Å²) in [7, 11) is 1.87. The molecule has 0 aromatic rings. The van der Waals surface area contributed by atoms with Crippen LogP contribution in [0.5, 0.6) is 0 Å². The molecule has 1 fully saturated rings. The van der Waals surface area contributed by atoms with Crippen molar-refractivity contribution in [3.05, 3.63) is 0 Å². The second-order valence-corrected chi connectivity index (χ2v) is 7.11. The van der Waals surface area contributed by atoms with E-state index < -0.39 is 0 Å². The fourth-order valence-corrected chi connectivity index (χ4v) is 2.80. The van der Waals surface area contributed by atoms with Crippen LogP contribution in [0.25, 0.3) is 0 Å². The second-order valence-electron chi connectivity index (χ2n) is 7.11. The summed E-state index contributed by atoms with van der Waals surface area (Å²) in [5, 5.41) is 0. The number of hydrogen-bond donors (Lipinski definition) is 0. The smallest absolute Gasteiger partial charge is 0.0751 e. The maximum atomic E-state index is 5.88. The van der Waals surface area contributed by atoms with Crippen molar-refractivity contribution >= 4 is 0 Å². The van der Waals surface area contributed by atoms with Crippen molar-refractivity contribution in [3.8, 4) is 0 Å². The van der Waals surface area contributed by atoms with Gasteiger partial charge in [-0.1, -0.05) is 20.8 Å². The Bertz CT molecular complexity index is 226. The first-order valence-corrected chi connectivity index (χ1v) is 6.43. The molecule has 16 heavy (non-hydrogen) atoms. The molecule has 0 N–H and O–H groups in total. The summed E-state index contributed by atoms with van der Waals surface area (Å²) >= 11 is 0. The lowest BCUT2D eigenvalue weighted by Crippen LogP contribution is -2.56. The number of likely N-dealkylation sites (tertiary alicyclic amines) is 1. The fourth-order valence-electron chi connectivity index (χ4n) is 2.80. The van der Waals surface area contributed by atoms with Crippen molar-refractivity contribution in [3.63, 3.8) is 0 Å². The summed E-state index contributed by atoms with van der Waals surface area (Å²) in [6, 6.07) is 0. The fraction of sp³-hybridized carbons (Fsp3) is 1.00. The van der Waals surface area contributed by atoms with Crippen LogP contribution in [0.2, 0.25) is 0 Å². The van der Waals surface area contributed by atoms with Crippen molar-refractivity contribution < 1.29 is 4.74 Å². The van der Waals surface area contributed by atoms with Crippen LogP contribution in [0.1, 0.15) is 54.4 Å². The van der Waals surface area contributed by atoms with Gasteiger partial charge >= 0.3 is 0 Å². The van der Waals surface area contributed by atoms with Gasteiger partial charge < -0.3 is 4.74 Å². The molecule has 0 bridgehead atoms. The van der Waals surface area contributed by atoms with Crippen molar-refractivity contribution in [1.29, 1.82) is 0 Å². The number of nitrogens with zero attached hydrogens (tertiary/aromatic N) is 1. The third-order valence-corrected chi connectivity index (χ3v) is 4.28. The molecule has 2 nitrogen and oxygen atoms in total. The molecule has 1 aliphatic heterocycles. The monoisotopic (exact) mass is 227 g/mol. The van der Waals surface area contributed by atoms with Gasteiger partial charge in [-0.3, -0.25) is 4.90 Å². The van der Waals surface area contributed by atoms with Gasteiger partial charge in [-0.25, -0.2) is 0 Å². The maximum Gasteiger partial charge on any atom is 0.0751 e. The van der Waals surface area contributed by atoms with Gasteiger partial charge in [-0.05, 0) is 39.0 Å². The molecule has 96 valence electrons. The Kier molecular flexibility index (Phi) is 3.76. The molecule has 1 heterocycles. The summed E-state index contributed by atoms with van der Waals surface area (Å²) in [6.45, 7) is 16.1. The van der Waals surface area contributed by atoms with E-state index in [1.165, 1.54) is 0 Å². The van der Waals surface area contributed by atoms with E-state index in [1.807, 2.05) is 7.11 Å². The molecule has 0 unspecified atom stereocenters. The van der Waals surface area contributed by atoms with Crippen LogP contribution in [0.15, 0.2) is 0 Å². The first kappa shape index (κ1) is 14.0. The predicted octanol–water partition coefficient (Wildman–Crippen LogP) is 3.31. The molecule has 0 saturated carbocycles. The first-order chi connectivity index (χ1) is 7.12. The highest BCUT2D eigenvalue weighted by Crippen LogP contribution is 2.42. The van der Waals surface area contributed by atoms with Crippen molar-refractivity contribution in [2.24, 2.45) is 5.41 Å². The highest BCUT2D eigenvalue weighted by atomic mass is 16.5. The van der Waals surface area contributed by atoms with Crippen LogP contribution >= 0.6 is 0 Å². The number of hydrogen-bond acceptors (Lipinski definition) is 2. The van der Waals surface area contributed by atoms with Crippen LogP contribution < -0.4 is 0 Å². The predicted molar refractivity (Wildman–Crippen MR) is 69.8 cm³/mol. The second kappa shape index (κ2) is 4.30. The van der Waals surface area contributed by atoms with Crippen LogP contribution in [-0.4, -0.2) is 36.2 Å². The minimum atomic E-state index is 0.0642. The van der Waals surface area contributed by atoms with Gasteiger partial charge in [0.1, 0.15) is 0 Å². The largest absolute Gasteiger partial charge is 0.378 e. The van der Waals surface area contributed by atoms with Crippen LogP contribution in [-0.2, 0) is 4.74 Å². The lowest BCUT2D eigenvalue weighted by atomic mass is 9.70. The zero-order chi connectivity index (χ0) is 12.6. The summed E-state index contributed by atoms with van der Waals surface area (Å²) in [5.74, 6) is 0.